The predicted octanol–water partition coefficient (Wildman–Crippen LogP) is 2.43. The highest BCUT2D eigenvalue weighted by Crippen LogP contribution is 2.20. The van der Waals surface area contributed by atoms with Crippen LogP contribution in [0.2, 0.25) is 0 Å². The van der Waals surface area contributed by atoms with Gasteiger partial charge in [-0.2, -0.15) is 0 Å². The number of rotatable bonds is 4. The minimum absolute atomic E-state index is 0.207. The minimum atomic E-state index is 0.207. The first-order valence-corrected chi connectivity index (χ1v) is 7.00. The Morgan fingerprint density at radius 3 is 2.94 bits per heavy atom. The molecule has 1 saturated heterocycles. The van der Waals surface area contributed by atoms with Crippen molar-refractivity contribution in [2.75, 3.05) is 13.1 Å². The van der Waals surface area contributed by atoms with Gasteiger partial charge in [0.1, 0.15) is 0 Å². The topological polar surface area (TPSA) is 28.2 Å². The van der Waals surface area contributed by atoms with Crippen LogP contribution in [0.15, 0.2) is 24.4 Å². The van der Waals surface area contributed by atoms with Crippen LogP contribution < -0.4 is 5.32 Å². The molecule has 0 amide bonds. The van der Waals surface area contributed by atoms with Crippen molar-refractivity contribution < 1.29 is 0 Å². The summed E-state index contributed by atoms with van der Waals surface area (Å²) in [5.41, 5.74) is 1.38. The molecule has 0 aliphatic carbocycles. The van der Waals surface area contributed by atoms with E-state index in [0.29, 0.717) is 6.04 Å². The fourth-order valence-corrected chi connectivity index (χ4v) is 2.72. The smallest absolute Gasteiger partial charge is 0.0544 e. The summed E-state index contributed by atoms with van der Waals surface area (Å²) in [5.74, 6) is 0. The Morgan fingerprint density at radius 1 is 1.44 bits per heavy atom. The van der Waals surface area contributed by atoms with E-state index in [1.165, 1.54) is 18.5 Å². The van der Waals surface area contributed by atoms with Crippen LogP contribution in [0.1, 0.15) is 39.3 Å². The third kappa shape index (κ3) is 3.53. The molecule has 0 radical (unpaired) electrons. The molecule has 1 unspecified atom stereocenters. The summed E-state index contributed by atoms with van der Waals surface area (Å²) in [6.07, 6.45) is 4.39. The van der Waals surface area contributed by atoms with Crippen molar-refractivity contribution in [3.8, 4) is 0 Å². The molecule has 2 rings (SSSR count). The maximum absolute atomic E-state index is 4.45. The van der Waals surface area contributed by atoms with Crippen LogP contribution in [0.3, 0.4) is 0 Å². The van der Waals surface area contributed by atoms with Crippen molar-refractivity contribution in [2.45, 2.75) is 51.7 Å². The van der Waals surface area contributed by atoms with Crippen molar-refractivity contribution in [1.29, 1.82) is 0 Å². The quantitative estimate of drug-likeness (QED) is 0.885. The van der Waals surface area contributed by atoms with Crippen LogP contribution in [0.4, 0.5) is 0 Å². The van der Waals surface area contributed by atoms with Crippen LogP contribution in [-0.2, 0) is 6.54 Å². The molecule has 0 aromatic carbocycles. The Bertz CT molecular complexity index is 361. The molecule has 1 aromatic heterocycles. The van der Waals surface area contributed by atoms with Crippen molar-refractivity contribution in [1.82, 2.24) is 15.2 Å². The summed E-state index contributed by atoms with van der Waals surface area (Å²) in [7, 11) is 0. The van der Waals surface area contributed by atoms with Gasteiger partial charge in [-0.25, -0.2) is 0 Å². The molecule has 1 N–H and O–H groups in total. The van der Waals surface area contributed by atoms with E-state index < -0.39 is 0 Å². The van der Waals surface area contributed by atoms with Crippen molar-refractivity contribution in [3.63, 3.8) is 0 Å². The monoisotopic (exact) mass is 247 g/mol. The van der Waals surface area contributed by atoms with E-state index in [0.717, 1.165) is 19.6 Å². The van der Waals surface area contributed by atoms with Gasteiger partial charge in [0.25, 0.3) is 0 Å². The van der Waals surface area contributed by atoms with Crippen LogP contribution in [0.5, 0.6) is 0 Å². The molecule has 0 spiro atoms. The predicted molar refractivity (Wildman–Crippen MR) is 75.4 cm³/mol. The number of piperazine rings is 1. The molecule has 2 heterocycles. The lowest BCUT2D eigenvalue weighted by molar-refractivity contribution is 0.0815. The summed E-state index contributed by atoms with van der Waals surface area (Å²) in [4.78, 5) is 7.04. The Morgan fingerprint density at radius 2 is 2.28 bits per heavy atom. The fraction of sp³-hybridized carbons (Fsp3) is 0.667. The van der Waals surface area contributed by atoms with Crippen LogP contribution >= 0.6 is 0 Å². The van der Waals surface area contributed by atoms with Gasteiger partial charge in [0, 0.05) is 37.4 Å². The fourth-order valence-electron chi connectivity index (χ4n) is 2.72. The number of aromatic nitrogens is 1. The third-order valence-electron chi connectivity index (χ3n) is 3.64. The zero-order chi connectivity index (χ0) is 13.0. The first-order chi connectivity index (χ1) is 8.61. The second-order valence-electron chi connectivity index (χ2n) is 5.93. The van der Waals surface area contributed by atoms with Gasteiger partial charge < -0.3 is 5.32 Å². The highest BCUT2D eigenvalue weighted by atomic mass is 15.2. The average Bonchev–Trinajstić information content (AvgIpc) is 2.34. The molecule has 1 fully saturated rings. The van der Waals surface area contributed by atoms with Crippen molar-refractivity contribution in [3.05, 3.63) is 30.1 Å². The van der Waals surface area contributed by atoms with Gasteiger partial charge in [-0.15, -0.1) is 0 Å². The molecule has 100 valence electrons. The van der Waals surface area contributed by atoms with E-state index in [2.05, 4.69) is 48.1 Å². The Labute approximate surface area is 111 Å². The number of nitrogens with one attached hydrogen (secondary N) is 1. The maximum atomic E-state index is 4.45. The van der Waals surface area contributed by atoms with E-state index in [1.807, 2.05) is 12.3 Å². The molecule has 3 heteroatoms. The molecule has 0 bridgehead atoms. The third-order valence-corrected chi connectivity index (χ3v) is 3.64. The summed E-state index contributed by atoms with van der Waals surface area (Å²) < 4.78 is 0. The molecule has 18 heavy (non-hydrogen) atoms. The second-order valence-corrected chi connectivity index (χ2v) is 5.93. The second kappa shape index (κ2) is 5.81. The zero-order valence-corrected chi connectivity index (χ0v) is 11.8. The van der Waals surface area contributed by atoms with Gasteiger partial charge in [-0.05, 0) is 32.4 Å². The molecule has 1 aliphatic heterocycles. The molecule has 0 saturated carbocycles. The minimum Gasteiger partial charge on any atom is -0.309 e. The highest BCUT2D eigenvalue weighted by Gasteiger charge is 2.31. The Kier molecular flexibility index (Phi) is 4.36. The van der Waals surface area contributed by atoms with Crippen molar-refractivity contribution in [2.24, 2.45) is 0 Å². The SMILES string of the molecule is CCCC1CNC(C)(C)CN1Cc1ccccn1. The lowest BCUT2D eigenvalue weighted by Crippen LogP contribution is -2.61. The number of hydrogen-bond donors (Lipinski definition) is 1. The molecule has 1 aliphatic rings. The van der Waals surface area contributed by atoms with Gasteiger partial charge in [-0.3, -0.25) is 9.88 Å². The van der Waals surface area contributed by atoms with Crippen LogP contribution in [-0.4, -0.2) is 34.6 Å². The first-order valence-electron chi connectivity index (χ1n) is 7.00. The van der Waals surface area contributed by atoms with E-state index in [1.54, 1.807) is 0 Å². The van der Waals surface area contributed by atoms with Gasteiger partial charge in [-0.1, -0.05) is 19.4 Å². The van der Waals surface area contributed by atoms with Crippen LogP contribution in [0, 0.1) is 0 Å². The maximum Gasteiger partial charge on any atom is 0.0544 e. The highest BCUT2D eigenvalue weighted by molar-refractivity contribution is 5.05. The van der Waals surface area contributed by atoms with E-state index in [4.69, 9.17) is 0 Å². The summed E-state index contributed by atoms with van der Waals surface area (Å²) in [6.45, 7) is 9.97. The largest absolute Gasteiger partial charge is 0.309 e. The standard InChI is InChI=1S/C15H25N3/c1-4-7-14-10-17-15(2,3)12-18(14)11-13-8-5-6-9-16-13/h5-6,8-9,14,17H,4,7,10-12H2,1-3H3. The van der Waals surface area contributed by atoms with Gasteiger partial charge in [0.2, 0.25) is 0 Å². The Balaban J connectivity index is 2.05. The van der Waals surface area contributed by atoms with Gasteiger partial charge >= 0.3 is 0 Å². The molecular formula is C15H25N3. The van der Waals surface area contributed by atoms with Crippen molar-refractivity contribution >= 4 is 0 Å². The molecule has 3 nitrogen and oxygen atoms in total. The molecular weight excluding hydrogens is 222 g/mol. The van der Waals surface area contributed by atoms with E-state index >= 15 is 0 Å². The molecule has 1 aromatic rings. The summed E-state index contributed by atoms with van der Waals surface area (Å²) in [6, 6.07) is 6.82. The number of nitrogens with zero attached hydrogens (tertiary/aromatic N) is 2. The van der Waals surface area contributed by atoms with Crippen LogP contribution in [0.25, 0.3) is 0 Å². The number of pyridine rings is 1. The lowest BCUT2D eigenvalue weighted by atomic mass is 9.96. The number of hydrogen-bond acceptors (Lipinski definition) is 3. The van der Waals surface area contributed by atoms with E-state index in [9.17, 15) is 0 Å². The van der Waals surface area contributed by atoms with E-state index in [-0.39, 0.29) is 5.54 Å². The molecule has 1 atom stereocenters. The zero-order valence-electron chi connectivity index (χ0n) is 11.8. The Hall–Kier alpha value is -0.930. The first kappa shape index (κ1) is 13.5. The average molecular weight is 247 g/mol. The lowest BCUT2D eigenvalue weighted by Gasteiger charge is -2.44. The van der Waals surface area contributed by atoms with Gasteiger partial charge in [0.05, 0.1) is 5.69 Å². The van der Waals surface area contributed by atoms with Gasteiger partial charge in [0.15, 0.2) is 0 Å². The normalized spacial score (nSPS) is 24.1. The summed E-state index contributed by atoms with van der Waals surface area (Å²) in [5, 5.41) is 3.65. The summed E-state index contributed by atoms with van der Waals surface area (Å²) >= 11 is 0.